The molecule has 1 fully saturated rings. The standard InChI is InChI=1S/C82H140N28O17/c1-11-48(10)66(77(124)106-59(39-50-41-92-43-97-50)74(121)101-53(26-19-33-95-82(90)91)68(115)104-58(37-46(6)7)73(120)105-57(36-45(4)5)72(119)100-52(25-18-32-94-81(88)89)67(114)103-55(79(126)127)23-15-16-30-83)109-70(117)51(24-17-31-93-80(86)87)98-64(113)42-96-76(123)65(47(8)9)108-75(122)61-27-20-34-110(61)78(125)60(38-49-21-13-12-14-22-49)107-69(116)54(28-29-62(85)111)102-71(118)56(35-44(2)3)99-63(112)40-84/h12-14,21-22,41,43-48,51-61,65-66H,11,15-20,23-40,42,83-84H2,1-10H3,(H2,85,111)(H,92,97)(H,96,123)(H,98,113)(H,99,112)(H,100,119)(H,101,121)(H,102,118)(H,103,114)(H,104,115)(H,105,120)(H,106,124)(H,107,116)(H,108,122)(H,109,117)(H,126,127)(H4,86,87,93)(H4,88,89,94)(H4,90,91,95)/t48-,51-,52-,53-,54-,55-,56-,57-,58-,59-,60-,61-,65-,66-/m0/s1. The number of likely N-dealkylation sites (tertiary alicyclic amines) is 1. The fourth-order valence-corrected chi connectivity index (χ4v) is 13.9. The lowest BCUT2D eigenvalue weighted by Gasteiger charge is -2.31. The topological polar surface area (TPSA) is 745 Å². The predicted molar refractivity (Wildman–Crippen MR) is 471 cm³/mol. The van der Waals surface area contributed by atoms with E-state index in [1.54, 1.807) is 85.7 Å². The summed E-state index contributed by atoms with van der Waals surface area (Å²) in [4.78, 5) is 233. The summed E-state index contributed by atoms with van der Waals surface area (Å²) in [5.41, 5.74) is 34.1. The SMILES string of the molecule is CC[C@H](C)[C@H](NC(=O)[C@H](CCCNC(=N)N)NC(=O)CNC(=O)[C@@H](NC(=O)[C@@H]1CCCN1C(=O)[C@H](Cc1ccccc1)NC(=O)[C@H](CCC(N)=O)NC(=O)[C@H](CC(C)C)NC(=O)CN)C(C)C)C(=O)N[C@@H](Cc1c[nH]cn1)C(=O)N[C@@H](CCCNC(=N)N)C(=O)N[C@@H](CC(C)C)C(=O)N[C@@H](CC(C)C)C(=O)N[C@@H](CCCNC(=N)N)C(=O)N[C@@H](CCCCN)C(=O)O. The highest BCUT2D eigenvalue weighted by Crippen LogP contribution is 2.23. The number of imidazole rings is 1. The van der Waals surface area contributed by atoms with Crippen molar-refractivity contribution in [2.45, 2.75) is 270 Å². The van der Waals surface area contributed by atoms with Crippen LogP contribution in [0.25, 0.3) is 0 Å². The number of nitrogens with one attached hydrogen (secondary N) is 20. The number of unbranched alkanes of at least 4 members (excludes halogenated alkanes) is 1. The number of carbonyl (C=O) groups excluding carboxylic acids is 15. The van der Waals surface area contributed by atoms with E-state index in [9.17, 15) is 81.8 Å². The molecule has 0 spiro atoms. The number of amides is 15. The molecule has 2 aromatic rings. The molecule has 0 radical (unpaired) electrons. The maximum absolute atomic E-state index is 15.0. The third kappa shape index (κ3) is 41.6. The Kier molecular flexibility index (Phi) is 49.1. The van der Waals surface area contributed by atoms with Crippen molar-refractivity contribution in [2.24, 2.45) is 64.0 Å². The number of hydrogen-bond acceptors (Lipinski definition) is 22. The number of carboxylic acids is 1. The van der Waals surface area contributed by atoms with Gasteiger partial charge in [-0.1, -0.05) is 106 Å². The summed E-state index contributed by atoms with van der Waals surface area (Å²) < 4.78 is 0. The molecular weight excluding hydrogens is 1650 g/mol. The van der Waals surface area contributed by atoms with Crippen LogP contribution in [0.2, 0.25) is 0 Å². The highest BCUT2D eigenvalue weighted by Gasteiger charge is 2.42. The normalized spacial score (nSPS) is 15.5. The van der Waals surface area contributed by atoms with Crippen LogP contribution in [0.1, 0.15) is 190 Å². The highest BCUT2D eigenvalue weighted by molar-refractivity contribution is 6.01. The Hall–Kier alpha value is -12.3. The third-order valence-electron chi connectivity index (χ3n) is 20.8. The van der Waals surface area contributed by atoms with Gasteiger partial charge in [0.05, 0.1) is 25.1 Å². The van der Waals surface area contributed by atoms with E-state index in [4.69, 9.17) is 50.6 Å². The Morgan fingerprint density at radius 3 is 1.34 bits per heavy atom. The van der Waals surface area contributed by atoms with Crippen LogP contribution in [0.15, 0.2) is 42.9 Å². The number of benzene rings is 1. The largest absolute Gasteiger partial charge is 0.480 e. The molecule has 0 aliphatic carbocycles. The minimum Gasteiger partial charge on any atom is -0.480 e. The number of carboxylic acid groups (broad SMARTS) is 1. The summed E-state index contributed by atoms with van der Waals surface area (Å²) in [7, 11) is 0. The molecule has 710 valence electrons. The Bertz CT molecular complexity index is 3970. The van der Waals surface area contributed by atoms with Crippen LogP contribution in [-0.2, 0) is 89.6 Å². The molecular formula is C82H140N28O17. The Morgan fingerprint density at radius 1 is 0.472 bits per heavy atom. The fraction of sp³-hybridized carbons (Fsp3) is 0.659. The lowest BCUT2D eigenvalue weighted by atomic mass is 9.96. The van der Waals surface area contributed by atoms with Crippen molar-refractivity contribution in [1.29, 1.82) is 16.2 Å². The molecule has 2 heterocycles. The van der Waals surface area contributed by atoms with Crippen LogP contribution in [-0.4, -0.2) is 257 Å². The van der Waals surface area contributed by atoms with Gasteiger partial charge in [-0.15, -0.1) is 0 Å². The zero-order valence-electron chi connectivity index (χ0n) is 74.7. The molecule has 0 saturated carbocycles. The van der Waals surface area contributed by atoms with Crippen molar-refractivity contribution in [3.05, 3.63) is 54.1 Å². The average molecular weight is 1790 g/mol. The first kappa shape index (κ1) is 109. The van der Waals surface area contributed by atoms with E-state index in [0.29, 0.717) is 24.8 Å². The average Bonchev–Trinajstić information content (AvgIpc) is 1.71. The van der Waals surface area contributed by atoms with Crippen molar-refractivity contribution in [3.8, 4) is 0 Å². The minimum absolute atomic E-state index is 0.0112. The number of nitrogens with two attached hydrogens (primary N) is 6. The van der Waals surface area contributed by atoms with E-state index in [1.807, 2.05) is 13.8 Å². The van der Waals surface area contributed by atoms with Gasteiger partial charge < -0.3 is 134 Å². The molecule has 1 aliphatic rings. The van der Waals surface area contributed by atoms with Crippen LogP contribution in [0, 0.1) is 45.8 Å². The quantitative estimate of drug-likeness (QED) is 0.0168. The summed E-state index contributed by atoms with van der Waals surface area (Å²) in [6.45, 7) is 16.6. The summed E-state index contributed by atoms with van der Waals surface area (Å²) in [5.74, 6) is -16.9. The molecule has 127 heavy (non-hydrogen) atoms. The van der Waals surface area contributed by atoms with Crippen molar-refractivity contribution in [3.63, 3.8) is 0 Å². The van der Waals surface area contributed by atoms with Gasteiger partial charge in [0.15, 0.2) is 17.9 Å². The zero-order valence-corrected chi connectivity index (χ0v) is 74.7. The first-order valence-electron chi connectivity index (χ1n) is 43.4. The van der Waals surface area contributed by atoms with Crippen molar-refractivity contribution in [2.75, 3.05) is 45.8 Å². The van der Waals surface area contributed by atoms with Gasteiger partial charge in [-0.3, -0.25) is 88.1 Å². The molecule has 1 aliphatic heterocycles. The van der Waals surface area contributed by atoms with Gasteiger partial charge in [0.1, 0.15) is 78.5 Å². The van der Waals surface area contributed by atoms with E-state index >= 15 is 0 Å². The number of guanidine groups is 3. The molecule has 1 aromatic heterocycles. The van der Waals surface area contributed by atoms with E-state index in [-0.39, 0.29) is 165 Å². The predicted octanol–water partition coefficient (Wildman–Crippen LogP) is -4.81. The van der Waals surface area contributed by atoms with Crippen LogP contribution in [0.5, 0.6) is 0 Å². The van der Waals surface area contributed by atoms with Gasteiger partial charge in [0, 0.05) is 51.6 Å². The lowest BCUT2D eigenvalue weighted by Crippen LogP contribution is -2.61. The second kappa shape index (κ2) is 57.3. The Balaban J connectivity index is 1.95. The van der Waals surface area contributed by atoms with Crippen LogP contribution in [0.3, 0.4) is 0 Å². The lowest BCUT2D eigenvalue weighted by molar-refractivity contribution is -0.142. The molecule has 33 N–H and O–H groups in total. The zero-order chi connectivity index (χ0) is 95.2. The molecule has 0 unspecified atom stereocenters. The fourth-order valence-electron chi connectivity index (χ4n) is 13.9. The number of H-pyrrole nitrogens is 1. The van der Waals surface area contributed by atoms with Crippen molar-refractivity contribution < 1.29 is 81.8 Å². The number of aromatic amines is 1. The van der Waals surface area contributed by atoms with Crippen LogP contribution < -0.4 is 119 Å². The van der Waals surface area contributed by atoms with Gasteiger partial charge in [-0.25, -0.2) is 9.78 Å². The highest BCUT2D eigenvalue weighted by atomic mass is 16.4. The van der Waals surface area contributed by atoms with Crippen molar-refractivity contribution >= 4 is 112 Å². The second-order valence-corrected chi connectivity index (χ2v) is 33.4. The molecule has 0 bridgehead atoms. The van der Waals surface area contributed by atoms with E-state index in [2.05, 4.69) is 95.0 Å². The van der Waals surface area contributed by atoms with E-state index in [0.717, 1.165) is 0 Å². The van der Waals surface area contributed by atoms with E-state index < -0.39 is 210 Å². The second-order valence-electron chi connectivity index (χ2n) is 33.4. The number of nitrogens with zero attached hydrogens (tertiary/aromatic N) is 2. The number of primary amides is 1. The van der Waals surface area contributed by atoms with Crippen LogP contribution in [0.4, 0.5) is 0 Å². The Morgan fingerprint density at radius 2 is 0.898 bits per heavy atom. The van der Waals surface area contributed by atoms with E-state index in [1.165, 1.54) is 17.4 Å². The molecule has 45 heteroatoms. The van der Waals surface area contributed by atoms with Crippen LogP contribution >= 0.6 is 0 Å². The molecule has 3 rings (SSSR count). The van der Waals surface area contributed by atoms with Gasteiger partial charge >= 0.3 is 5.97 Å². The van der Waals surface area contributed by atoms with Gasteiger partial charge in [0.2, 0.25) is 88.6 Å². The number of aliphatic carboxylic acids is 1. The monoisotopic (exact) mass is 1790 g/mol. The van der Waals surface area contributed by atoms with Crippen molar-refractivity contribution in [1.82, 2.24) is 99.9 Å². The minimum atomic E-state index is -1.57. The molecule has 14 atom stereocenters. The summed E-state index contributed by atoms with van der Waals surface area (Å²) in [6, 6.07) is -9.27. The number of aromatic nitrogens is 2. The molecule has 45 nitrogen and oxygen atoms in total. The van der Waals surface area contributed by atoms with Gasteiger partial charge in [-0.2, -0.15) is 0 Å². The summed E-state index contributed by atoms with van der Waals surface area (Å²) >= 11 is 0. The third-order valence-corrected chi connectivity index (χ3v) is 20.8. The maximum Gasteiger partial charge on any atom is 0.326 e. The Labute approximate surface area is 741 Å². The first-order chi connectivity index (χ1) is 60.0. The van der Waals surface area contributed by atoms with Gasteiger partial charge in [0.25, 0.3) is 0 Å². The molecule has 15 amide bonds. The molecule has 1 saturated heterocycles. The van der Waals surface area contributed by atoms with Gasteiger partial charge in [-0.05, 0) is 138 Å². The molecule has 1 aromatic carbocycles. The number of carbonyl (C=O) groups is 16. The summed E-state index contributed by atoms with van der Waals surface area (Å²) in [5, 5.41) is 75.4. The smallest absolute Gasteiger partial charge is 0.326 e. The summed E-state index contributed by atoms with van der Waals surface area (Å²) in [6.07, 6.45) is 3.37. The maximum atomic E-state index is 15.0. The number of hydrogen-bond donors (Lipinski definition) is 27. The number of rotatable bonds is 60. The first-order valence-corrected chi connectivity index (χ1v) is 43.4.